The first-order chi connectivity index (χ1) is 9.77. The van der Waals surface area contributed by atoms with Crippen LogP contribution in [0.2, 0.25) is 0 Å². The van der Waals surface area contributed by atoms with Crippen molar-refractivity contribution in [2.75, 3.05) is 13.3 Å². The Bertz CT molecular complexity index is 365. The second-order valence-electron chi connectivity index (χ2n) is 6.43. The Balaban J connectivity index is 2.37. The Hall–Kier alpha value is -1.17. The number of carboxylic acids is 1. The minimum atomic E-state index is -1.49. The van der Waals surface area contributed by atoms with Crippen molar-refractivity contribution in [2.24, 2.45) is 11.8 Å². The molecule has 1 amide bonds. The summed E-state index contributed by atoms with van der Waals surface area (Å²) in [4.78, 5) is 22.2. The molecule has 6 heteroatoms. The number of hydrogen-bond donors (Lipinski definition) is 2. The zero-order valence-corrected chi connectivity index (χ0v) is 13.0. The van der Waals surface area contributed by atoms with Gasteiger partial charge in [0.25, 0.3) is 0 Å². The van der Waals surface area contributed by atoms with Crippen LogP contribution in [-0.4, -0.2) is 41.9 Å². The fraction of sp³-hybridized carbons (Fsp3) is 0.867. The van der Waals surface area contributed by atoms with Crippen LogP contribution in [-0.2, 0) is 14.3 Å². The molecule has 1 rings (SSSR count). The highest BCUT2D eigenvalue weighted by Gasteiger charge is 2.33. The molecule has 0 aliphatic heterocycles. The van der Waals surface area contributed by atoms with Gasteiger partial charge in [-0.05, 0) is 44.4 Å². The molecule has 1 aliphatic rings. The van der Waals surface area contributed by atoms with E-state index < -0.39 is 24.6 Å². The van der Waals surface area contributed by atoms with E-state index in [0.29, 0.717) is 11.8 Å². The molecule has 0 unspecified atom stereocenters. The van der Waals surface area contributed by atoms with Crippen LogP contribution >= 0.6 is 0 Å². The summed E-state index contributed by atoms with van der Waals surface area (Å²) in [5, 5.41) is 10.8. The minimum Gasteiger partial charge on any atom is -0.480 e. The zero-order chi connectivity index (χ0) is 16.0. The highest BCUT2D eigenvalue weighted by molar-refractivity contribution is 5.84. The smallest absolute Gasteiger partial charge is 0.328 e. The fourth-order valence-corrected chi connectivity index (χ4v) is 2.70. The first-order valence-electron chi connectivity index (χ1n) is 7.49. The van der Waals surface area contributed by atoms with Crippen molar-refractivity contribution >= 4 is 11.9 Å². The Kier molecular flexibility index (Phi) is 6.58. The second-order valence-corrected chi connectivity index (χ2v) is 6.43. The molecular weight excluding hydrogens is 277 g/mol. The van der Waals surface area contributed by atoms with Gasteiger partial charge in [0, 0.05) is 0 Å². The molecule has 1 atom stereocenters. The van der Waals surface area contributed by atoms with Gasteiger partial charge in [0.2, 0.25) is 5.91 Å². The molecule has 1 aliphatic carbocycles. The molecule has 122 valence electrons. The van der Waals surface area contributed by atoms with E-state index in [0.717, 1.165) is 25.7 Å². The summed E-state index contributed by atoms with van der Waals surface area (Å²) in [6.45, 7) is 5.04. The monoisotopic (exact) mass is 303 g/mol. The number of hydrogen-bond acceptors (Lipinski definition) is 3. The highest BCUT2D eigenvalue weighted by Crippen LogP contribution is 2.37. The van der Waals surface area contributed by atoms with Crippen molar-refractivity contribution in [3.8, 4) is 0 Å². The molecule has 2 N–H and O–H groups in total. The number of carbonyl (C=O) groups excluding carboxylic acids is 1. The molecule has 21 heavy (non-hydrogen) atoms. The van der Waals surface area contributed by atoms with Crippen molar-refractivity contribution in [1.82, 2.24) is 5.32 Å². The van der Waals surface area contributed by atoms with Gasteiger partial charge in [-0.1, -0.05) is 13.8 Å². The van der Waals surface area contributed by atoms with E-state index in [1.54, 1.807) is 0 Å². The quantitative estimate of drug-likeness (QED) is 0.755. The molecule has 0 aromatic heterocycles. The lowest BCUT2D eigenvalue weighted by Gasteiger charge is -2.38. The van der Waals surface area contributed by atoms with E-state index in [1.807, 2.05) is 6.92 Å². The van der Waals surface area contributed by atoms with Crippen LogP contribution in [0.5, 0.6) is 0 Å². The Labute approximate surface area is 125 Å². The summed E-state index contributed by atoms with van der Waals surface area (Å²) in [5.74, 6) is -0.626. The van der Waals surface area contributed by atoms with Crippen LogP contribution in [0.15, 0.2) is 0 Å². The molecule has 1 saturated carbocycles. The van der Waals surface area contributed by atoms with Gasteiger partial charge in [0.1, 0.15) is 13.3 Å². The summed E-state index contributed by atoms with van der Waals surface area (Å²) in [7, 11) is 0. The molecule has 0 saturated heterocycles. The molecule has 0 aromatic carbocycles. The van der Waals surface area contributed by atoms with Gasteiger partial charge in [-0.3, -0.25) is 4.79 Å². The van der Waals surface area contributed by atoms with Gasteiger partial charge < -0.3 is 15.2 Å². The predicted octanol–water partition coefficient (Wildman–Crippen LogP) is 2.15. The normalized spacial score (nSPS) is 27.4. The number of halogens is 1. The van der Waals surface area contributed by atoms with Gasteiger partial charge >= 0.3 is 5.97 Å². The minimum absolute atomic E-state index is 0.230. The number of ether oxygens (including phenoxy) is 1. The van der Waals surface area contributed by atoms with Crippen LogP contribution in [0.3, 0.4) is 0 Å². The number of rotatable bonds is 7. The number of amides is 1. The van der Waals surface area contributed by atoms with Crippen LogP contribution in [0.1, 0.15) is 46.5 Å². The molecule has 0 heterocycles. The SMILES string of the molecule is CC(C)C1CCC(C)(OCC(=O)N[C@H](CF)C(=O)O)CC1. The number of carbonyl (C=O) groups is 2. The number of alkyl halides is 1. The van der Waals surface area contributed by atoms with Crippen molar-refractivity contribution in [1.29, 1.82) is 0 Å². The Morgan fingerprint density at radius 3 is 2.38 bits per heavy atom. The largest absolute Gasteiger partial charge is 0.480 e. The third-order valence-corrected chi connectivity index (χ3v) is 4.37. The van der Waals surface area contributed by atoms with E-state index in [-0.39, 0.29) is 12.2 Å². The van der Waals surface area contributed by atoms with Gasteiger partial charge in [-0.15, -0.1) is 0 Å². The maximum Gasteiger partial charge on any atom is 0.328 e. The molecule has 5 nitrogen and oxygen atoms in total. The van der Waals surface area contributed by atoms with E-state index in [4.69, 9.17) is 9.84 Å². The van der Waals surface area contributed by atoms with E-state index in [1.165, 1.54) is 0 Å². The molecule has 1 fully saturated rings. The van der Waals surface area contributed by atoms with Gasteiger partial charge in [0.05, 0.1) is 5.60 Å². The summed E-state index contributed by atoms with van der Waals surface area (Å²) in [6.07, 6.45) is 3.90. The maximum absolute atomic E-state index is 12.4. The first-order valence-corrected chi connectivity index (χ1v) is 7.49. The molecule has 0 bridgehead atoms. The highest BCUT2D eigenvalue weighted by atomic mass is 19.1. The maximum atomic E-state index is 12.4. The second kappa shape index (κ2) is 7.73. The number of aliphatic carboxylic acids is 1. The van der Waals surface area contributed by atoms with E-state index >= 15 is 0 Å². The Morgan fingerprint density at radius 2 is 1.95 bits per heavy atom. The standard InChI is InChI=1S/C15H26FNO4/c1-10(2)11-4-6-15(3,7-5-11)21-9-13(18)17-12(8-16)14(19)20/h10-12H,4-9H2,1-3H3,(H,17,18)(H,19,20)/t11?,12-,15?/m1/s1. The van der Waals surface area contributed by atoms with Crippen molar-refractivity contribution in [2.45, 2.75) is 58.1 Å². The lowest BCUT2D eigenvalue weighted by Crippen LogP contribution is -2.45. The summed E-state index contributed by atoms with van der Waals surface area (Å²) < 4.78 is 18.1. The van der Waals surface area contributed by atoms with E-state index in [9.17, 15) is 14.0 Å². The molecule has 0 aromatic rings. The van der Waals surface area contributed by atoms with E-state index in [2.05, 4.69) is 19.2 Å². The van der Waals surface area contributed by atoms with Crippen molar-refractivity contribution in [3.63, 3.8) is 0 Å². The summed E-state index contributed by atoms with van der Waals surface area (Å²) in [5.41, 5.74) is -0.350. The first kappa shape index (κ1) is 17.9. The molecule has 0 radical (unpaired) electrons. The Morgan fingerprint density at radius 1 is 1.38 bits per heavy atom. The zero-order valence-electron chi connectivity index (χ0n) is 13.0. The fourth-order valence-electron chi connectivity index (χ4n) is 2.70. The number of carboxylic acid groups (broad SMARTS) is 1. The van der Waals surface area contributed by atoms with Crippen LogP contribution in [0.25, 0.3) is 0 Å². The lowest BCUT2D eigenvalue weighted by molar-refractivity contribution is -0.145. The van der Waals surface area contributed by atoms with Crippen LogP contribution < -0.4 is 5.32 Å². The number of nitrogens with one attached hydrogen (secondary N) is 1. The summed E-state index contributed by atoms with van der Waals surface area (Å²) >= 11 is 0. The van der Waals surface area contributed by atoms with Crippen LogP contribution in [0.4, 0.5) is 4.39 Å². The van der Waals surface area contributed by atoms with Gasteiger partial charge in [-0.2, -0.15) is 0 Å². The van der Waals surface area contributed by atoms with Gasteiger partial charge in [-0.25, -0.2) is 9.18 Å². The third kappa shape index (κ3) is 5.61. The third-order valence-electron chi connectivity index (χ3n) is 4.37. The average Bonchev–Trinajstić information content (AvgIpc) is 2.42. The lowest BCUT2D eigenvalue weighted by atomic mass is 9.75. The molecular formula is C15H26FNO4. The summed E-state index contributed by atoms with van der Waals surface area (Å²) in [6, 6.07) is -1.49. The predicted molar refractivity (Wildman–Crippen MR) is 76.7 cm³/mol. The van der Waals surface area contributed by atoms with Crippen LogP contribution in [0, 0.1) is 11.8 Å². The van der Waals surface area contributed by atoms with Crippen molar-refractivity contribution < 1.29 is 23.8 Å². The molecule has 0 spiro atoms. The van der Waals surface area contributed by atoms with Gasteiger partial charge in [0.15, 0.2) is 6.04 Å². The average molecular weight is 303 g/mol. The topological polar surface area (TPSA) is 75.6 Å². The van der Waals surface area contributed by atoms with Crippen molar-refractivity contribution in [3.05, 3.63) is 0 Å².